The predicted molar refractivity (Wildman–Crippen MR) is 87.3 cm³/mol. The molecule has 0 unspecified atom stereocenters. The largest absolute Gasteiger partial charge is 0.370 e. The van der Waals surface area contributed by atoms with Crippen LogP contribution in [0.15, 0.2) is 4.60 Å². The summed E-state index contributed by atoms with van der Waals surface area (Å²) in [6.45, 7) is 9.23. The van der Waals surface area contributed by atoms with Gasteiger partial charge in [-0.2, -0.15) is 0 Å². The fourth-order valence-electron chi connectivity index (χ4n) is 2.02. The number of halogens is 1. The molecule has 0 saturated heterocycles. The standard InChI is InChI=1S/C14H21BrN6/c1-6-7-16-14-9(4)10(17-13(18-14)8(2)3)11-12(15)19-20-21(11)5/h8H,6-7H2,1-5H3,(H,16,17,18). The van der Waals surface area contributed by atoms with E-state index in [0.29, 0.717) is 4.60 Å². The third-order valence-corrected chi connectivity index (χ3v) is 3.77. The van der Waals surface area contributed by atoms with E-state index in [0.717, 1.165) is 41.6 Å². The van der Waals surface area contributed by atoms with Gasteiger partial charge in [0.15, 0.2) is 4.60 Å². The molecule has 0 saturated carbocycles. The van der Waals surface area contributed by atoms with E-state index in [1.54, 1.807) is 4.68 Å². The maximum atomic E-state index is 4.72. The van der Waals surface area contributed by atoms with Gasteiger partial charge in [-0.3, -0.25) is 0 Å². The average molecular weight is 353 g/mol. The third-order valence-electron chi connectivity index (χ3n) is 3.23. The van der Waals surface area contributed by atoms with Crippen molar-refractivity contribution in [3.8, 4) is 11.4 Å². The van der Waals surface area contributed by atoms with Crippen molar-refractivity contribution in [3.05, 3.63) is 16.0 Å². The van der Waals surface area contributed by atoms with E-state index in [1.165, 1.54) is 0 Å². The van der Waals surface area contributed by atoms with Gasteiger partial charge < -0.3 is 5.32 Å². The Hall–Kier alpha value is -1.50. The Morgan fingerprint density at radius 1 is 1.29 bits per heavy atom. The van der Waals surface area contributed by atoms with E-state index in [4.69, 9.17) is 4.98 Å². The first-order chi connectivity index (χ1) is 9.95. The van der Waals surface area contributed by atoms with E-state index < -0.39 is 0 Å². The highest BCUT2D eigenvalue weighted by Crippen LogP contribution is 2.31. The van der Waals surface area contributed by atoms with Crippen molar-refractivity contribution < 1.29 is 0 Å². The molecule has 0 aromatic carbocycles. The summed E-state index contributed by atoms with van der Waals surface area (Å²) in [6, 6.07) is 0. The van der Waals surface area contributed by atoms with E-state index in [9.17, 15) is 0 Å². The zero-order valence-corrected chi connectivity index (χ0v) is 14.7. The van der Waals surface area contributed by atoms with E-state index >= 15 is 0 Å². The summed E-state index contributed by atoms with van der Waals surface area (Å²) < 4.78 is 2.43. The van der Waals surface area contributed by atoms with E-state index in [1.807, 2.05) is 14.0 Å². The first-order valence-corrected chi connectivity index (χ1v) is 7.92. The van der Waals surface area contributed by atoms with Gasteiger partial charge in [-0.1, -0.05) is 26.0 Å². The van der Waals surface area contributed by atoms with Gasteiger partial charge in [-0.05, 0) is 29.3 Å². The zero-order chi connectivity index (χ0) is 15.6. The first kappa shape index (κ1) is 15.9. The Kier molecular flexibility index (Phi) is 4.92. The maximum absolute atomic E-state index is 4.72. The minimum atomic E-state index is 0.256. The molecule has 2 aromatic rings. The van der Waals surface area contributed by atoms with Crippen LogP contribution in [-0.2, 0) is 7.05 Å². The first-order valence-electron chi connectivity index (χ1n) is 7.13. The molecule has 6 nitrogen and oxygen atoms in total. The SMILES string of the molecule is CCCNc1nc(C(C)C)nc(-c2c(Br)nnn2C)c1C. The number of anilines is 1. The van der Waals surface area contributed by atoms with Crippen LogP contribution in [0.3, 0.4) is 0 Å². The molecule has 114 valence electrons. The molecule has 7 heteroatoms. The Bertz CT molecular complexity index is 615. The van der Waals surface area contributed by atoms with Crippen LogP contribution in [0, 0.1) is 6.92 Å². The topological polar surface area (TPSA) is 68.5 Å². The van der Waals surface area contributed by atoms with Gasteiger partial charge in [0, 0.05) is 25.1 Å². The number of hydrogen-bond donors (Lipinski definition) is 1. The highest BCUT2D eigenvalue weighted by molar-refractivity contribution is 9.10. The van der Waals surface area contributed by atoms with E-state index in [-0.39, 0.29) is 5.92 Å². The lowest BCUT2D eigenvalue weighted by Crippen LogP contribution is -2.11. The lowest BCUT2D eigenvalue weighted by atomic mass is 10.1. The second-order valence-electron chi connectivity index (χ2n) is 5.34. The van der Waals surface area contributed by atoms with Gasteiger partial charge in [-0.15, -0.1) is 5.10 Å². The molecule has 0 aliphatic rings. The molecule has 0 atom stereocenters. The van der Waals surface area contributed by atoms with Crippen molar-refractivity contribution in [3.63, 3.8) is 0 Å². The Labute approximate surface area is 133 Å². The Morgan fingerprint density at radius 2 is 2.00 bits per heavy atom. The average Bonchev–Trinajstić information content (AvgIpc) is 2.77. The molecule has 2 heterocycles. The van der Waals surface area contributed by atoms with Crippen LogP contribution in [0.5, 0.6) is 0 Å². The molecule has 0 spiro atoms. The van der Waals surface area contributed by atoms with Crippen molar-refractivity contribution in [2.45, 2.75) is 40.0 Å². The Balaban J connectivity index is 2.61. The molecule has 0 bridgehead atoms. The quantitative estimate of drug-likeness (QED) is 0.893. The van der Waals surface area contributed by atoms with E-state index in [2.05, 4.69) is 57.3 Å². The smallest absolute Gasteiger partial charge is 0.157 e. The lowest BCUT2D eigenvalue weighted by molar-refractivity contribution is 0.714. The van der Waals surface area contributed by atoms with Crippen LogP contribution in [0.25, 0.3) is 11.4 Å². The van der Waals surface area contributed by atoms with Gasteiger partial charge in [0.25, 0.3) is 0 Å². The molecule has 0 aliphatic heterocycles. The van der Waals surface area contributed by atoms with Crippen molar-refractivity contribution in [1.82, 2.24) is 25.0 Å². The van der Waals surface area contributed by atoms with Crippen LogP contribution in [-0.4, -0.2) is 31.5 Å². The van der Waals surface area contributed by atoms with Gasteiger partial charge in [-0.25, -0.2) is 14.6 Å². The molecular weight excluding hydrogens is 332 g/mol. The highest BCUT2D eigenvalue weighted by Gasteiger charge is 2.19. The molecular formula is C14H21BrN6. The van der Waals surface area contributed by atoms with Crippen molar-refractivity contribution in [1.29, 1.82) is 0 Å². The summed E-state index contributed by atoms with van der Waals surface area (Å²) in [5, 5.41) is 11.5. The van der Waals surface area contributed by atoms with Crippen LogP contribution >= 0.6 is 15.9 Å². The number of aromatic nitrogens is 5. The molecule has 0 radical (unpaired) electrons. The number of aryl methyl sites for hydroxylation is 1. The van der Waals surface area contributed by atoms with Gasteiger partial charge >= 0.3 is 0 Å². The van der Waals surface area contributed by atoms with Crippen molar-refractivity contribution >= 4 is 21.7 Å². The summed E-state index contributed by atoms with van der Waals surface area (Å²) in [6.07, 6.45) is 1.05. The van der Waals surface area contributed by atoms with Gasteiger partial charge in [0.1, 0.15) is 17.3 Å². The summed E-state index contributed by atoms with van der Waals surface area (Å²) in [5.74, 6) is 1.97. The number of hydrogen-bond acceptors (Lipinski definition) is 5. The van der Waals surface area contributed by atoms with Crippen LogP contribution in [0.4, 0.5) is 5.82 Å². The minimum absolute atomic E-state index is 0.256. The van der Waals surface area contributed by atoms with Gasteiger partial charge in [0.2, 0.25) is 0 Å². The molecule has 0 amide bonds. The Morgan fingerprint density at radius 3 is 2.52 bits per heavy atom. The fourth-order valence-corrected chi connectivity index (χ4v) is 2.54. The number of nitrogens with one attached hydrogen (secondary N) is 1. The van der Waals surface area contributed by atoms with Crippen LogP contribution in [0.2, 0.25) is 0 Å². The van der Waals surface area contributed by atoms with Crippen LogP contribution < -0.4 is 5.32 Å². The summed E-state index contributed by atoms with van der Waals surface area (Å²) in [4.78, 5) is 9.37. The normalized spacial score (nSPS) is 11.2. The number of rotatable bonds is 5. The lowest BCUT2D eigenvalue weighted by Gasteiger charge is -2.15. The highest BCUT2D eigenvalue weighted by atomic mass is 79.9. The maximum Gasteiger partial charge on any atom is 0.157 e. The minimum Gasteiger partial charge on any atom is -0.370 e. The molecule has 0 fully saturated rings. The monoisotopic (exact) mass is 352 g/mol. The van der Waals surface area contributed by atoms with Crippen molar-refractivity contribution in [2.24, 2.45) is 7.05 Å². The second-order valence-corrected chi connectivity index (χ2v) is 6.09. The second kappa shape index (κ2) is 6.51. The fraction of sp³-hybridized carbons (Fsp3) is 0.571. The number of nitrogens with zero attached hydrogens (tertiary/aromatic N) is 5. The zero-order valence-electron chi connectivity index (χ0n) is 13.1. The van der Waals surface area contributed by atoms with Crippen molar-refractivity contribution in [2.75, 3.05) is 11.9 Å². The molecule has 2 rings (SSSR count). The summed E-state index contributed by atoms with van der Waals surface area (Å²) in [5.41, 5.74) is 2.75. The van der Waals surface area contributed by atoms with Crippen LogP contribution in [0.1, 0.15) is 44.5 Å². The summed E-state index contributed by atoms with van der Waals surface area (Å²) >= 11 is 3.45. The third kappa shape index (κ3) is 3.23. The predicted octanol–water partition coefficient (Wildman–Crippen LogP) is 3.29. The summed E-state index contributed by atoms with van der Waals surface area (Å²) in [7, 11) is 1.86. The molecule has 0 aliphatic carbocycles. The van der Waals surface area contributed by atoms with Gasteiger partial charge in [0.05, 0.1) is 5.69 Å². The molecule has 21 heavy (non-hydrogen) atoms. The molecule has 2 aromatic heterocycles. The molecule has 1 N–H and O–H groups in total.